The summed E-state index contributed by atoms with van der Waals surface area (Å²) in [5.74, 6) is -0.450. The van der Waals surface area contributed by atoms with E-state index in [-0.39, 0.29) is 24.4 Å². The average Bonchev–Trinajstić information content (AvgIpc) is 2.42. The number of nitro groups is 1. The normalized spacial score (nSPS) is 28.6. The minimum absolute atomic E-state index is 0.120. The van der Waals surface area contributed by atoms with Gasteiger partial charge in [0.05, 0.1) is 11.3 Å². The van der Waals surface area contributed by atoms with E-state index in [9.17, 15) is 19.7 Å². The van der Waals surface area contributed by atoms with Gasteiger partial charge >= 0.3 is 6.09 Å². The van der Waals surface area contributed by atoms with Gasteiger partial charge in [-0.05, 0) is 41.0 Å². The molecule has 1 fully saturated rings. The van der Waals surface area contributed by atoms with Gasteiger partial charge in [-0.15, -0.1) is 0 Å². The van der Waals surface area contributed by atoms with E-state index in [0.29, 0.717) is 6.42 Å². The zero-order chi connectivity index (χ0) is 19.2. The highest BCUT2D eigenvalue weighted by Crippen LogP contribution is 2.56. The van der Waals surface area contributed by atoms with E-state index in [4.69, 9.17) is 4.74 Å². The minimum Gasteiger partial charge on any atom is -0.444 e. The van der Waals surface area contributed by atoms with Gasteiger partial charge in [0.1, 0.15) is 11.9 Å². The first-order valence-corrected chi connectivity index (χ1v) is 8.60. The Morgan fingerprint density at radius 1 is 1.40 bits per heavy atom. The maximum Gasteiger partial charge on any atom is 0.410 e. The summed E-state index contributed by atoms with van der Waals surface area (Å²) >= 11 is 0. The van der Waals surface area contributed by atoms with Crippen LogP contribution in [-0.4, -0.2) is 46.4 Å². The molecule has 7 heteroatoms. The highest BCUT2D eigenvalue weighted by Gasteiger charge is 2.69. The van der Waals surface area contributed by atoms with E-state index in [1.54, 1.807) is 27.7 Å². The van der Waals surface area contributed by atoms with Crippen LogP contribution in [0.25, 0.3) is 0 Å². The Labute approximate surface area is 148 Å². The number of hydrogen-bond acceptors (Lipinski definition) is 5. The molecule has 140 valence electrons. The molecule has 2 atom stereocenters. The van der Waals surface area contributed by atoms with Gasteiger partial charge in [0.2, 0.25) is 5.54 Å². The first-order chi connectivity index (χ1) is 11.4. The van der Waals surface area contributed by atoms with Gasteiger partial charge in [-0.3, -0.25) is 10.1 Å². The van der Waals surface area contributed by atoms with Crippen LogP contribution in [0.15, 0.2) is 11.1 Å². The van der Waals surface area contributed by atoms with Gasteiger partial charge in [0.25, 0.3) is 0 Å². The van der Waals surface area contributed by atoms with Crippen molar-refractivity contribution in [1.29, 1.82) is 0 Å². The van der Waals surface area contributed by atoms with Gasteiger partial charge in [-0.2, -0.15) is 0 Å². The molecule has 0 aromatic carbocycles. The lowest BCUT2D eigenvalue weighted by Crippen LogP contribution is -2.73. The SMILES string of the molecule is CC1=C(C)[C@H](CC=O)[C@@](C)([N+](=O)[O-])C2(C1)CN(C(=O)OC(C)(C)C)C2. The predicted octanol–water partition coefficient (Wildman–Crippen LogP) is 3.20. The number of rotatable bonds is 3. The van der Waals surface area contributed by atoms with Crippen molar-refractivity contribution in [3.8, 4) is 0 Å². The van der Waals surface area contributed by atoms with Crippen molar-refractivity contribution < 1.29 is 19.2 Å². The van der Waals surface area contributed by atoms with Crippen LogP contribution in [0.3, 0.4) is 0 Å². The summed E-state index contributed by atoms with van der Waals surface area (Å²) in [6.45, 7) is 11.4. The standard InChI is InChI=1S/C18H28N2O5/c1-12-9-18(10-19(11-18)15(22)25-16(3,4)5)17(6,20(23)24)14(7-8-21)13(12)2/h8,14H,7,9-11H2,1-6H3/t14-,17+/m0/s1. The van der Waals surface area contributed by atoms with Gasteiger partial charge in [-0.1, -0.05) is 11.1 Å². The van der Waals surface area contributed by atoms with Crippen molar-refractivity contribution in [3.63, 3.8) is 0 Å². The number of nitrogens with zero attached hydrogens (tertiary/aromatic N) is 2. The van der Waals surface area contributed by atoms with E-state index >= 15 is 0 Å². The zero-order valence-electron chi connectivity index (χ0n) is 15.9. The molecule has 0 N–H and O–H groups in total. The van der Waals surface area contributed by atoms with E-state index in [2.05, 4.69) is 0 Å². The molecule has 2 rings (SSSR count). The fourth-order valence-electron chi connectivity index (χ4n) is 4.31. The lowest BCUT2D eigenvalue weighted by molar-refractivity contribution is -0.603. The molecule has 1 saturated heterocycles. The molecule has 7 nitrogen and oxygen atoms in total. The molecule has 1 aliphatic carbocycles. The fourth-order valence-corrected chi connectivity index (χ4v) is 4.31. The minimum atomic E-state index is -1.28. The number of likely N-dealkylation sites (tertiary alicyclic amines) is 1. The van der Waals surface area contributed by atoms with Crippen molar-refractivity contribution >= 4 is 12.4 Å². The fraction of sp³-hybridized carbons (Fsp3) is 0.778. The molecule has 0 radical (unpaired) electrons. The summed E-state index contributed by atoms with van der Waals surface area (Å²) in [6.07, 6.45) is 0.992. The molecule has 0 unspecified atom stereocenters. The lowest BCUT2D eigenvalue weighted by Gasteiger charge is -2.58. The highest BCUT2D eigenvalue weighted by atomic mass is 16.6. The summed E-state index contributed by atoms with van der Waals surface area (Å²) < 4.78 is 5.38. The van der Waals surface area contributed by atoms with Crippen molar-refractivity contribution in [1.82, 2.24) is 4.90 Å². The molecule has 1 spiro atoms. The van der Waals surface area contributed by atoms with Gasteiger partial charge < -0.3 is 14.4 Å². The maximum atomic E-state index is 12.3. The Bertz CT molecular complexity index is 628. The Balaban J connectivity index is 2.33. The van der Waals surface area contributed by atoms with Crippen LogP contribution in [0, 0.1) is 21.4 Å². The highest BCUT2D eigenvalue weighted by molar-refractivity contribution is 5.70. The zero-order valence-corrected chi connectivity index (χ0v) is 15.9. The molecule has 1 heterocycles. The molecular weight excluding hydrogens is 324 g/mol. The lowest BCUT2D eigenvalue weighted by atomic mass is 9.52. The molecule has 0 bridgehead atoms. The first-order valence-electron chi connectivity index (χ1n) is 8.60. The molecule has 2 aliphatic rings. The predicted molar refractivity (Wildman–Crippen MR) is 92.8 cm³/mol. The Morgan fingerprint density at radius 3 is 2.40 bits per heavy atom. The third kappa shape index (κ3) is 3.04. The third-order valence-electron chi connectivity index (χ3n) is 5.90. The van der Waals surface area contributed by atoms with E-state index in [1.165, 1.54) is 4.90 Å². The molecule has 1 amide bonds. The third-order valence-corrected chi connectivity index (χ3v) is 5.90. The largest absolute Gasteiger partial charge is 0.444 e. The monoisotopic (exact) mass is 352 g/mol. The number of ether oxygens (including phenoxy) is 1. The summed E-state index contributed by atoms with van der Waals surface area (Å²) in [6, 6.07) is 0. The first kappa shape index (κ1) is 19.4. The summed E-state index contributed by atoms with van der Waals surface area (Å²) in [5.41, 5.74) is -0.547. The van der Waals surface area contributed by atoms with Gasteiger partial charge in [0, 0.05) is 31.4 Å². The second-order valence-electron chi connectivity index (χ2n) is 8.62. The number of amides is 1. The topological polar surface area (TPSA) is 89.8 Å². The average molecular weight is 352 g/mol. The van der Waals surface area contributed by atoms with Gasteiger partial charge in [0.15, 0.2) is 0 Å². The molecular formula is C18H28N2O5. The van der Waals surface area contributed by atoms with Crippen LogP contribution >= 0.6 is 0 Å². The summed E-state index contributed by atoms with van der Waals surface area (Å²) in [7, 11) is 0. The molecule has 0 aromatic rings. The van der Waals surface area contributed by atoms with E-state index in [0.717, 1.165) is 17.4 Å². The smallest absolute Gasteiger partial charge is 0.410 e. The van der Waals surface area contributed by atoms with Crippen molar-refractivity contribution in [2.75, 3.05) is 13.1 Å². The van der Waals surface area contributed by atoms with E-state index in [1.807, 2.05) is 13.8 Å². The number of carbonyl (C=O) groups is 2. The maximum absolute atomic E-state index is 12.3. The van der Waals surface area contributed by atoms with Crippen molar-refractivity contribution in [3.05, 3.63) is 21.3 Å². The Hall–Kier alpha value is -1.92. The molecule has 0 saturated carbocycles. The number of carbonyl (C=O) groups excluding carboxylic acids is 2. The van der Waals surface area contributed by atoms with Crippen LogP contribution < -0.4 is 0 Å². The van der Waals surface area contributed by atoms with Crippen molar-refractivity contribution in [2.24, 2.45) is 11.3 Å². The van der Waals surface area contributed by atoms with Crippen LogP contribution in [0.5, 0.6) is 0 Å². The Kier molecular flexibility index (Phi) is 4.74. The van der Waals surface area contributed by atoms with Crippen LogP contribution in [0.4, 0.5) is 4.79 Å². The molecule has 0 aromatic heterocycles. The molecule has 25 heavy (non-hydrogen) atoms. The van der Waals surface area contributed by atoms with E-state index < -0.39 is 28.6 Å². The second-order valence-corrected chi connectivity index (χ2v) is 8.62. The van der Waals surface area contributed by atoms with Gasteiger partial charge in [-0.25, -0.2) is 4.79 Å². The number of hydrogen-bond donors (Lipinski definition) is 0. The molecule has 1 aliphatic heterocycles. The van der Waals surface area contributed by atoms with Crippen LogP contribution in [0.2, 0.25) is 0 Å². The second kappa shape index (κ2) is 6.11. The quantitative estimate of drug-likeness (QED) is 0.337. The van der Waals surface area contributed by atoms with Crippen LogP contribution in [0.1, 0.15) is 54.4 Å². The number of allylic oxidation sites excluding steroid dienone is 1. The summed E-state index contributed by atoms with van der Waals surface area (Å²) in [4.78, 5) is 36.8. The number of aldehydes is 1. The Morgan fingerprint density at radius 2 is 1.96 bits per heavy atom. The summed E-state index contributed by atoms with van der Waals surface area (Å²) in [5, 5.41) is 12.1. The van der Waals surface area contributed by atoms with Crippen molar-refractivity contribution in [2.45, 2.75) is 65.5 Å². The van der Waals surface area contributed by atoms with Crippen LogP contribution in [-0.2, 0) is 9.53 Å².